The highest BCUT2D eigenvalue weighted by molar-refractivity contribution is 6.35. The third-order valence-corrected chi connectivity index (χ3v) is 6.62. The first-order chi connectivity index (χ1) is 16.8. The third-order valence-electron chi connectivity index (χ3n) is 6.31. The smallest absolute Gasteiger partial charge is 0.173 e. The number of rotatable bonds is 4. The normalized spacial score (nSPS) is 14.7. The van der Waals surface area contributed by atoms with Gasteiger partial charge in [-0.25, -0.2) is 18.7 Å². The second-order valence-electron chi connectivity index (χ2n) is 8.60. The average molecular weight is 493 g/mol. The number of aliphatic hydroxyl groups is 1. The highest BCUT2D eigenvalue weighted by atomic mass is 35.5. The number of nitrogens with zero attached hydrogens (tertiary/aromatic N) is 4. The van der Waals surface area contributed by atoms with E-state index in [9.17, 15) is 9.50 Å². The van der Waals surface area contributed by atoms with Gasteiger partial charge < -0.3 is 16.6 Å². The van der Waals surface area contributed by atoms with Gasteiger partial charge >= 0.3 is 0 Å². The third kappa shape index (κ3) is 3.43. The van der Waals surface area contributed by atoms with Crippen molar-refractivity contribution in [3.63, 3.8) is 0 Å². The molecule has 3 heterocycles. The molecule has 1 saturated carbocycles. The van der Waals surface area contributed by atoms with Gasteiger partial charge in [-0.15, -0.1) is 0 Å². The van der Waals surface area contributed by atoms with Crippen LogP contribution in [0.1, 0.15) is 36.4 Å². The van der Waals surface area contributed by atoms with Crippen molar-refractivity contribution in [2.45, 2.75) is 25.0 Å². The molecule has 3 aromatic heterocycles. The summed E-state index contributed by atoms with van der Waals surface area (Å²) in [5, 5.41) is 11.0. The molecule has 10 heteroatoms. The first-order valence-corrected chi connectivity index (χ1v) is 11.4. The standard InChI is InChI=1S/C25H19ClF2N6O/c26-15-3-4-16(27)19-17(6-8-31-22(15)19)34-18-10-12(13-5-7-32-23(29)20(13)28)9-14(24(30)35)21(18)33-25(34)11-1-2-11/h3-11,24,35H,1-2,30H2,(H2,29,32). The molecule has 5 N–H and O–H groups in total. The van der Waals surface area contributed by atoms with E-state index in [1.54, 1.807) is 24.4 Å². The maximum atomic E-state index is 15.2. The van der Waals surface area contributed by atoms with Crippen molar-refractivity contribution in [2.75, 3.05) is 5.73 Å². The fourth-order valence-corrected chi connectivity index (χ4v) is 4.72. The number of benzene rings is 2. The average Bonchev–Trinajstić information content (AvgIpc) is 3.62. The zero-order valence-corrected chi connectivity index (χ0v) is 19.0. The summed E-state index contributed by atoms with van der Waals surface area (Å²) in [5.41, 5.74) is 14.3. The van der Waals surface area contributed by atoms with Gasteiger partial charge in [-0.05, 0) is 54.8 Å². The number of halogens is 3. The van der Waals surface area contributed by atoms with Gasteiger partial charge in [0.1, 0.15) is 17.9 Å². The van der Waals surface area contributed by atoms with E-state index in [0.717, 1.165) is 12.8 Å². The van der Waals surface area contributed by atoms with Crippen LogP contribution in [0.25, 0.3) is 38.8 Å². The summed E-state index contributed by atoms with van der Waals surface area (Å²) in [7, 11) is 0. The van der Waals surface area contributed by atoms with E-state index in [-0.39, 0.29) is 22.7 Å². The maximum Gasteiger partial charge on any atom is 0.173 e. The minimum atomic E-state index is -1.38. The summed E-state index contributed by atoms with van der Waals surface area (Å²) < 4.78 is 31.9. The van der Waals surface area contributed by atoms with Crippen LogP contribution in [0.2, 0.25) is 5.02 Å². The van der Waals surface area contributed by atoms with Crippen molar-refractivity contribution in [2.24, 2.45) is 5.73 Å². The molecule has 0 saturated heterocycles. The Bertz CT molecular complexity index is 1650. The van der Waals surface area contributed by atoms with Gasteiger partial charge in [0.05, 0.1) is 32.6 Å². The number of aromatic nitrogens is 4. The molecular weight excluding hydrogens is 474 g/mol. The van der Waals surface area contributed by atoms with Crippen LogP contribution in [-0.2, 0) is 0 Å². The van der Waals surface area contributed by atoms with Crippen molar-refractivity contribution >= 4 is 39.4 Å². The van der Waals surface area contributed by atoms with E-state index < -0.39 is 17.9 Å². The van der Waals surface area contributed by atoms with E-state index >= 15 is 4.39 Å². The Hall–Kier alpha value is -3.66. The quantitative estimate of drug-likeness (QED) is 0.305. The molecule has 7 nitrogen and oxygen atoms in total. The molecule has 5 aromatic rings. The number of imidazole rings is 1. The fraction of sp³-hybridized carbons (Fsp3) is 0.160. The molecule has 0 amide bonds. The topological polar surface area (TPSA) is 116 Å². The predicted octanol–water partition coefficient (Wildman–Crippen LogP) is 4.98. The summed E-state index contributed by atoms with van der Waals surface area (Å²) in [6.07, 6.45) is 3.40. The van der Waals surface area contributed by atoms with Crippen LogP contribution < -0.4 is 11.5 Å². The number of nitrogens with two attached hydrogens (primary N) is 2. The summed E-state index contributed by atoms with van der Waals surface area (Å²) >= 11 is 6.34. The molecule has 1 atom stereocenters. The Morgan fingerprint density at radius 1 is 1.06 bits per heavy atom. The van der Waals surface area contributed by atoms with Crippen LogP contribution >= 0.6 is 11.6 Å². The molecule has 176 valence electrons. The Labute approximate surface area is 203 Å². The second-order valence-corrected chi connectivity index (χ2v) is 9.01. The molecule has 1 aliphatic rings. The molecule has 1 unspecified atom stereocenters. The molecule has 1 aliphatic carbocycles. The Kier molecular flexibility index (Phi) is 4.96. The van der Waals surface area contributed by atoms with Crippen LogP contribution in [0, 0.1) is 11.6 Å². The minimum absolute atomic E-state index is 0.146. The van der Waals surface area contributed by atoms with Crippen LogP contribution in [-0.4, -0.2) is 24.6 Å². The predicted molar refractivity (Wildman–Crippen MR) is 130 cm³/mol. The molecule has 0 radical (unpaired) electrons. The minimum Gasteiger partial charge on any atom is -0.381 e. The number of anilines is 1. The molecular formula is C25H19ClF2N6O. The van der Waals surface area contributed by atoms with Crippen LogP contribution in [0.4, 0.5) is 14.6 Å². The molecule has 6 rings (SSSR count). The van der Waals surface area contributed by atoms with Gasteiger partial charge in [-0.3, -0.25) is 9.55 Å². The maximum absolute atomic E-state index is 15.2. The summed E-state index contributed by atoms with van der Waals surface area (Å²) in [5.74, 6) is -0.584. The van der Waals surface area contributed by atoms with E-state index in [4.69, 9.17) is 28.1 Å². The summed E-state index contributed by atoms with van der Waals surface area (Å²) in [4.78, 5) is 12.9. The van der Waals surface area contributed by atoms with Gasteiger partial charge in [-0.1, -0.05) is 11.6 Å². The van der Waals surface area contributed by atoms with E-state index in [1.807, 2.05) is 4.57 Å². The zero-order valence-electron chi connectivity index (χ0n) is 18.2. The lowest BCUT2D eigenvalue weighted by molar-refractivity contribution is 0.187. The lowest BCUT2D eigenvalue weighted by atomic mass is 10.0. The van der Waals surface area contributed by atoms with Crippen molar-refractivity contribution in [3.05, 3.63) is 76.8 Å². The monoisotopic (exact) mass is 492 g/mol. The lowest BCUT2D eigenvalue weighted by Crippen LogP contribution is -2.10. The molecule has 0 aliphatic heterocycles. The van der Waals surface area contributed by atoms with Crippen molar-refractivity contribution in [1.82, 2.24) is 19.5 Å². The lowest BCUT2D eigenvalue weighted by Gasteiger charge is -2.15. The fourth-order valence-electron chi connectivity index (χ4n) is 4.52. The number of fused-ring (bicyclic) bond motifs is 2. The molecule has 0 bridgehead atoms. The number of hydrogen-bond acceptors (Lipinski definition) is 6. The summed E-state index contributed by atoms with van der Waals surface area (Å²) in [6, 6.07) is 9.24. The number of aliphatic hydroxyl groups excluding tert-OH is 1. The molecule has 1 fully saturated rings. The number of hydrogen-bond donors (Lipinski definition) is 3. The van der Waals surface area contributed by atoms with Crippen molar-refractivity contribution < 1.29 is 13.9 Å². The van der Waals surface area contributed by atoms with Gasteiger partial charge in [0.2, 0.25) is 0 Å². The van der Waals surface area contributed by atoms with Crippen molar-refractivity contribution in [1.29, 1.82) is 0 Å². The van der Waals surface area contributed by atoms with Crippen LogP contribution in [0.5, 0.6) is 0 Å². The Morgan fingerprint density at radius 2 is 1.83 bits per heavy atom. The van der Waals surface area contributed by atoms with Gasteiger partial charge in [-0.2, -0.15) is 0 Å². The Morgan fingerprint density at radius 3 is 2.57 bits per heavy atom. The van der Waals surface area contributed by atoms with Gasteiger partial charge in [0.15, 0.2) is 11.6 Å². The van der Waals surface area contributed by atoms with E-state index in [2.05, 4.69) is 9.97 Å². The molecule has 2 aromatic carbocycles. The second kappa shape index (κ2) is 7.94. The highest BCUT2D eigenvalue weighted by Gasteiger charge is 2.32. The van der Waals surface area contributed by atoms with Gasteiger partial charge in [0, 0.05) is 29.4 Å². The number of nitrogen functional groups attached to an aromatic ring is 1. The van der Waals surface area contributed by atoms with E-state index in [0.29, 0.717) is 44.2 Å². The van der Waals surface area contributed by atoms with E-state index in [1.165, 1.54) is 24.4 Å². The SMILES string of the molecule is Nc1nccc(-c2cc(C(N)O)c3nc(C4CC4)n(-c4ccnc5c(Cl)ccc(F)c45)c3c2)c1F. The zero-order chi connectivity index (χ0) is 24.4. The van der Waals surface area contributed by atoms with Crippen LogP contribution in [0.3, 0.4) is 0 Å². The first kappa shape index (κ1) is 21.8. The largest absolute Gasteiger partial charge is 0.381 e. The molecule has 0 spiro atoms. The van der Waals surface area contributed by atoms with Crippen LogP contribution in [0.15, 0.2) is 48.8 Å². The Balaban J connectivity index is 1.75. The highest BCUT2D eigenvalue weighted by Crippen LogP contribution is 2.44. The van der Waals surface area contributed by atoms with Gasteiger partial charge in [0.25, 0.3) is 0 Å². The number of pyridine rings is 2. The van der Waals surface area contributed by atoms with Crippen molar-refractivity contribution in [3.8, 4) is 16.8 Å². The molecule has 35 heavy (non-hydrogen) atoms. The first-order valence-electron chi connectivity index (χ1n) is 11.0. The summed E-state index contributed by atoms with van der Waals surface area (Å²) in [6.45, 7) is 0.